The molecule has 1 N–H and O–H groups in total. The molecule has 0 bridgehead atoms. The number of aromatic nitrogens is 2. The maximum Gasteiger partial charge on any atom is 0.301 e. The van der Waals surface area contributed by atoms with Crippen LogP contribution in [0.1, 0.15) is 35.2 Å². The molecule has 40 heavy (non-hydrogen) atoms. The molecule has 202 valence electrons. The van der Waals surface area contributed by atoms with Crippen LogP contribution in [0.2, 0.25) is 10.0 Å². The summed E-state index contributed by atoms with van der Waals surface area (Å²) in [6.45, 7) is 1.97. The Hall–Kier alpha value is -3.37. The number of aliphatic hydroxyl groups excluding tert-OH is 1. The third-order valence-corrected chi connectivity index (χ3v) is 9.40. The van der Waals surface area contributed by atoms with Gasteiger partial charge in [-0.25, -0.2) is 0 Å². The van der Waals surface area contributed by atoms with E-state index in [1.807, 2.05) is 31.2 Å². The molecule has 0 spiro atoms. The minimum absolute atomic E-state index is 0.0202. The molecular formula is C29H21Cl2N3O4S2. The highest BCUT2D eigenvalue weighted by Gasteiger charge is 2.48. The lowest BCUT2D eigenvalue weighted by molar-refractivity contribution is -0.132. The Labute approximate surface area is 248 Å². The highest BCUT2D eigenvalue weighted by atomic mass is 35.5. The summed E-state index contributed by atoms with van der Waals surface area (Å²) in [5, 5.41) is 21.3. The lowest BCUT2D eigenvalue weighted by Gasteiger charge is -2.22. The molecule has 4 aromatic rings. The van der Waals surface area contributed by atoms with Crippen LogP contribution in [0, 0.1) is 0 Å². The second-order valence-corrected chi connectivity index (χ2v) is 12.4. The molecule has 11 heteroatoms. The zero-order valence-corrected chi connectivity index (χ0v) is 24.2. The van der Waals surface area contributed by atoms with Crippen molar-refractivity contribution in [2.45, 2.75) is 35.6 Å². The van der Waals surface area contributed by atoms with Crippen LogP contribution >= 0.6 is 46.3 Å². The van der Waals surface area contributed by atoms with E-state index in [4.69, 9.17) is 27.9 Å². The van der Waals surface area contributed by atoms with Crippen molar-refractivity contribution in [2.75, 3.05) is 4.90 Å². The van der Waals surface area contributed by atoms with E-state index in [2.05, 4.69) is 10.2 Å². The molecule has 3 heterocycles. The van der Waals surface area contributed by atoms with E-state index in [0.717, 1.165) is 16.9 Å². The number of aliphatic hydroxyl groups is 1. The molecule has 1 fully saturated rings. The maximum absolute atomic E-state index is 13.5. The molecule has 3 aromatic carbocycles. The first-order valence-electron chi connectivity index (χ1n) is 12.4. The van der Waals surface area contributed by atoms with Crippen molar-refractivity contribution in [3.05, 3.63) is 105 Å². The van der Waals surface area contributed by atoms with Crippen molar-refractivity contribution in [1.29, 1.82) is 0 Å². The summed E-state index contributed by atoms with van der Waals surface area (Å²) in [7, 11) is 0. The first kappa shape index (κ1) is 26.8. The largest absolute Gasteiger partial charge is 0.507 e. The van der Waals surface area contributed by atoms with Gasteiger partial charge in [-0.1, -0.05) is 76.6 Å². The average Bonchev–Trinajstić information content (AvgIpc) is 3.63. The number of thioether (sulfide) groups is 1. The zero-order chi connectivity index (χ0) is 28.0. The van der Waals surface area contributed by atoms with Crippen LogP contribution in [-0.2, 0) is 21.8 Å². The lowest BCUT2D eigenvalue weighted by Crippen LogP contribution is -2.29. The van der Waals surface area contributed by atoms with Crippen LogP contribution in [0.15, 0.2) is 76.6 Å². The number of halogens is 2. The molecule has 6 rings (SSSR count). The molecule has 7 nitrogen and oxygen atoms in total. The molecule has 1 saturated heterocycles. The molecule has 2 aliphatic heterocycles. The Balaban J connectivity index is 1.39. The first-order valence-corrected chi connectivity index (χ1v) is 14.9. The predicted molar refractivity (Wildman–Crippen MR) is 157 cm³/mol. The van der Waals surface area contributed by atoms with Crippen LogP contribution in [-0.4, -0.2) is 33.1 Å². The van der Waals surface area contributed by atoms with Crippen molar-refractivity contribution in [1.82, 2.24) is 10.2 Å². The van der Waals surface area contributed by atoms with E-state index in [-0.39, 0.29) is 22.6 Å². The number of ketones is 1. The number of carbonyl (C=O) groups is 2. The van der Waals surface area contributed by atoms with Crippen molar-refractivity contribution in [3.63, 3.8) is 0 Å². The Kier molecular flexibility index (Phi) is 7.31. The van der Waals surface area contributed by atoms with Crippen molar-refractivity contribution < 1.29 is 19.4 Å². The quantitative estimate of drug-likeness (QED) is 0.0820. The SMILES string of the molecule is C[C@H]1Cc2cc(/C(O)=C3\C(=O)C(=O)N(c4nnc(SCc5ccccc5Cl)s4)[C@H]3c3cccc(Cl)c3)ccc2O1. The highest BCUT2D eigenvalue weighted by Crippen LogP contribution is 2.45. The monoisotopic (exact) mass is 609 g/mol. The van der Waals surface area contributed by atoms with Gasteiger partial charge in [0.25, 0.3) is 5.78 Å². The topological polar surface area (TPSA) is 92.6 Å². The van der Waals surface area contributed by atoms with E-state index in [1.54, 1.807) is 42.5 Å². The van der Waals surface area contributed by atoms with Crippen LogP contribution in [0.3, 0.4) is 0 Å². The van der Waals surface area contributed by atoms with Gasteiger partial charge in [-0.3, -0.25) is 14.5 Å². The number of amides is 1. The number of fused-ring (bicyclic) bond motifs is 1. The van der Waals surface area contributed by atoms with Gasteiger partial charge in [-0.05, 0) is 60.0 Å². The lowest BCUT2D eigenvalue weighted by atomic mass is 9.94. The summed E-state index contributed by atoms with van der Waals surface area (Å²) in [5.74, 6) is -0.583. The standard InChI is InChI=1S/C29H21Cl2N3O4S2/c1-15-11-19-12-17(9-10-22(19)38-15)25(35)23-24(16-6-4-7-20(30)13-16)34(27(37)26(23)36)28-32-33-29(40-28)39-14-18-5-2-3-8-21(18)31/h2-10,12-13,15,24,35H,11,14H2,1H3/b25-23+/t15-,24-/m0/s1. The number of benzene rings is 3. The smallest absolute Gasteiger partial charge is 0.301 e. The minimum Gasteiger partial charge on any atom is -0.507 e. The van der Waals surface area contributed by atoms with E-state index >= 15 is 0 Å². The number of carbonyl (C=O) groups excluding carboxylic acids is 2. The van der Waals surface area contributed by atoms with E-state index in [9.17, 15) is 14.7 Å². The van der Waals surface area contributed by atoms with Gasteiger partial charge in [0.15, 0.2) is 4.34 Å². The fourth-order valence-electron chi connectivity index (χ4n) is 4.86. The second-order valence-electron chi connectivity index (χ2n) is 9.41. The third kappa shape index (κ3) is 4.99. The molecule has 1 aromatic heterocycles. The normalized spacial score (nSPS) is 19.6. The van der Waals surface area contributed by atoms with Crippen LogP contribution in [0.4, 0.5) is 5.13 Å². The van der Waals surface area contributed by atoms with Crippen molar-refractivity contribution in [3.8, 4) is 5.75 Å². The van der Waals surface area contributed by atoms with E-state index in [1.165, 1.54) is 28.0 Å². The highest BCUT2D eigenvalue weighted by molar-refractivity contribution is 8.00. The van der Waals surface area contributed by atoms with Gasteiger partial charge in [-0.2, -0.15) is 0 Å². The Morgan fingerprint density at radius 2 is 1.93 bits per heavy atom. The molecule has 1 amide bonds. The van der Waals surface area contributed by atoms with E-state index < -0.39 is 17.7 Å². The van der Waals surface area contributed by atoms with Crippen molar-refractivity contribution in [2.24, 2.45) is 0 Å². The van der Waals surface area contributed by atoms with Gasteiger partial charge in [0.2, 0.25) is 5.13 Å². The summed E-state index contributed by atoms with van der Waals surface area (Å²) in [5.41, 5.74) is 2.81. The maximum atomic E-state index is 13.5. The zero-order valence-electron chi connectivity index (χ0n) is 21.0. The second kappa shape index (κ2) is 10.9. The fraction of sp³-hybridized carbons (Fsp3) is 0.172. The van der Waals surface area contributed by atoms with Crippen LogP contribution in [0.5, 0.6) is 5.75 Å². The number of hydrogen-bond donors (Lipinski definition) is 1. The molecule has 2 atom stereocenters. The summed E-state index contributed by atoms with van der Waals surface area (Å²) >= 11 is 15.2. The number of Topliss-reactive ketones (excluding diaryl/α,β-unsaturated/α-hetero) is 1. The minimum atomic E-state index is -0.948. The Bertz CT molecular complexity index is 1690. The summed E-state index contributed by atoms with van der Waals surface area (Å²) < 4.78 is 6.38. The number of hydrogen-bond acceptors (Lipinski definition) is 8. The summed E-state index contributed by atoms with van der Waals surface area (Å²) in [4.78, 5) is 28.2. The average molecular weight is 611 g/mol. The van der Waals surface area contributed by atoms with Gasteiger partial charge in [0.1, 0.15) is 17.6 Å². The molecular weight excluding hydrogens is 589 g/mol. The van der Waals surface area contributed by atoms with Crippen LogP contribution in [0.25, 0.3) is 5.76 Å². The fourth-order valence-corrected chi connectivity index (χ4v) is 7.21. The van der Waals surface area contributed by atoms with Gasteiger partial charge in [-0.15, -0.1) is 10.2 Å². The molecule has 0 saturated carbocycles. The number of ether oxygens (including phenoxy) is 1. The van der Waals surface area contributed by atoms with E-state index in [0.29, 0.717) is 37.7 Å². The molecule has 2 aliphatic rings. The van der Waals surface area contributed by atoms with Crippen molar-refractivity contribution >= 4 is 68.9 Å². The summed E-state index contributed by atoms with van der Waals surface area (Å²) in [6, 6.07) is 18.7. The Morgan fingerprint density at radius 3 is 2.73 bits per heavy atom. The predicted octanol–water partition coefficient (Wildman–Crippen LogP) is 7.09. The first-order chi connectivity index (χ1) is 19.3. The summed E-state index contributed by atoms with van der Waals surface area (Å²) in [6.07, 6.45) is 0.703. The molecule has 0 aliphatic carbocycles. The van der Waals surface area contributed by atoms with Gasteiger partial charge in [0.05, 0.1) is 11.6 Å². The molecule has 0 radical (unpaired) electrons. The number of nitrogens with zero attached hydrogens (tertiary/aromatic N) is 3. The Morgan fingerprint density at radius 1 is 1.10 bits per heavy atom. The van der Waals surface area contributed by atoms with Gasteiger partial charge >= 0.3 is 5.91 Å². The number of anilines is 1. The van der Waals surface area contributed by atoms with Crippen LogP contribution < -0.4 is 9.64 Å². The van der Waals surface area contributed by atoms with Gasteiger partial charge in [0, 0.05) is 27.8 Å². The van der Waals surface area contributed by atoms with Gasteiger partial charge < -0.3 is 9.84 Å². The number of rotatable bonds is 6. The molecule has 0 unspecified atom stereocenters. The third-order valence-electron chi connectivity index (χ3n) is 6.69.